The van der Waals surface area contributed by atoms with Gasteiger partial charge < -0.3 is 9.73 Å². The average Bonchev–Trinajstić information content (AvgIpc) is 2.85. The Labute approximate surface area is 102 Å². The summed E-state index contributed by atoms with van der Waals surface area (Å²) in [5.74, 6) is 1.60. The van der Waals surface area contributed by atoms with Crippen LogP contribution in [0.4, 0.5) is 6.01 Å². The lowest BCUT2D eigenvalue weighted by Gasteiger charge is -2.20. The Kier molecular flexibility index (Phi) is 2.62. The number of nitrogens with zero attached hydrogens (tertiary/aromatic N) is 3. The monoisotopic (exact) mass is 250 g/mol. The van der Waals surface area contributed by atoms with E-state index in [2.05, 4.69) is 30.7 Å². The molecule has 18 heavy (non-hydrogen) atoms. The second kappa shape index (κ2) is 4.28. The molecule has 3 N–H and O–H groups in total. The molecule has 8 nitrogen and oxygen atoms in total. The largest absolute Gasteiger partial charge is 0.408 e. The molecule has 0 aliphatic heterocycles. The smallest absolute Gasteiger partial charge is 0.340 e. The minimum atomic E-state index is -0.334. The van der Waals surface area contributed by atoms with Gasteiger partial charge in [0.2, 0.25) is 5.89 Å². The number of nitrogens with one attached hydrogen (secondary N) is 3. The number of H-pyrrole nitrogens is 2. The zero-order valence-electron chi connectivity index (χ0n) is 9.93. The number of aromatic nitrogens is 5. The number of aromatic amines is 2. The van der Waals surface area contributed by atoms with Crippen LogP contribution >= 0.6 is 0 Å². The fourth-order valence-corrected chi connectivity index (χ4v) is 1.85. The first kappa shape index (κ1) is 11.0. The van der Waals surface area contributed by atoms with Crippen molar-refractivity contribution >= 4 is 6.01 Å². The number of hydrogen-bond acceptors (Lipinski definition) is 6. The molecule has 0 bridgehead atoms. The van der Waals surface area contributed by atoms with Gasteiger partial charge in [-0.25, -0.2) is 9.89 Å². The number of anilines is 1. The van der Waals surface area contributed by atoms with Crippen LogP contribution in [0.2, 0.25) is 0 Å². The first-order chi connectivity index (χ1) is 8.72. The van der Waals surface area contributed by atoms with Crippen LogP contribution in [0.5, 0.6) is 0 Å². The molecule has 0 saturated heterocycles. The summed E-state index contributed by atoms with van der Waals surface area (Å²) in [7, 11) is 0. The Bertz CT molecular complexity index is 581. The topological polar surface area (TPSA) is 112 Å². The molecule has 1 aliphatic carbocycles. The van der Waals surface area contributed by atoms with Crippen molar-refractivity contribution in [1.82, 2.24) is 25.4 Å². The van der Waals surface area contributed by atoms with E-state index in [1.165, 1.54) is 6.42 Å². The van der Waals surface area contributed by atoms with Gasteiger partial charge in [0.25, 0.3) is 0 Å². The predicted molar refractivity (Wildman–Crippen MR) is 62.1 cm³/mol. The number of rotatable bonds is 4. The molecule has 8 heteroatoms. The van der Waals surface area contributed by atoms with Crippen LogP contribution in [0.3, 0.4) is 0 Å². The van der Waals surface area contributed by atoms with Crippen LogP contribution in [0.25, 0.3) is 0 Å². The summed E-state index contributed by atoms with van der Waals surface area (Å²) >= 11 is 0. The van der Waals surface area contributed by atoms with E-state index in [9.17, 15) is 4.79 Å². The first-order valence-electron chi connectivity index (χ1n) is 5.97. The highest BCUT2D eigenvalue weighted by Gasteiger charge is 2.25. The van der Waals surface area contributed by atoms with Gasteiger partial charge in [-0.2, -0.15) is 5.10 Å². The van der Waals surface area contributed by atoms with Crippen molar-refractivity contribution in [2.45, 2.75) is 38.1 Å². The van der Waals surface area contributed by atoms with Crippen LogP contribution in [-0.4, -0.2) is 25.4 Å². The predicted octanol–water partition coefficient (Wildman–Crippen LogP) is 0.922. The summed E-state index contributed by atoms with van der Waals surface area (Å²) in [6.45, 7) is 1.85. The zero-order valence-corrected chi connectivity index (χ0v) is 9.93. The van der Waals surface area contributed by atoms with Gasteiger partial charge in [-0.05, 0) is 19.8 Å². The van der Waals surface area contributed by atoms with Crippen LogP contribution < -0.4 is 11.0 Å². The van der Waals surface area contributed by atoms with E-state index < -0.39 is 0 Å². The molecular formula is C10H14N6O2. The lowest BCUT2D eigenvalue weighted by atomic mass is 9.85. The standard InChI is InChI=1S/C10H14N6O2/c1-5(7-12-9(17)15-13-7)11-10-16-14-8(18-10)6-3-2-4-6/h5-6H,2-4H2,1H3,(H,11,16)(H2,12,13,15,17). The van der Waals surface area contributed by atoms with Crippen molar-refractivity contribution in [2.75, 3.05) is 5.32 Å². The third kappa shape index (κ3) is 2.01. The van der Waals surface area contributed by atoms with Gasteiger partial charge in [-0.3, -0.25) is 4.98 Å². The Balaban J connectivity index is 1.68. The highest BCUT2D eigenvalue weighted by molar-refractivity contribution is 5.22. The third-order valence-corrected chi connectivity index (χ3v) is 3.16. The van der Waals surface area contributed by atoms with E-state index in [0.717, 1.165) is 12.8 Å². The van der Waals surface area contributed by atoms with Gasteiger partial charge in [0.05, 0.1) is 6.04 Å². The summed E-state index contributed by atoms with van der Waals surface area (Å²) in [5, 5.41) is 17.1. The molecule has 1 fully saturated rings. The molecule has 0 radical (unpaired) electrons. The maximum Gasteiger partial charge on any atom is 0.340 e. The van der Waals surface area contributed by atoms with Gasteiger partial charge in [-0.15, -0.1) is 5.10 Å². The van der Waals surface area contributed by atoms with Crippen LogP contribution in [0.1, 0.15) is 49.9 Å². The van der Waals surface area contributed by atoms with Crippen molar-refractivity contribution in [3.05, 3.63) is 22.2 Å². The van der Waals surface area contributed by atoms with E-state index in [4.69, 9.17) is 4.42 Å². The fraction of sp³-hybridized carbons (Fsp3) is 0.600. The Morgan fingerprint density at radius 1 is 1.44 bits per heavy atom. The molecule has 1 saturated carbocycles. The maximum absolute atomic E-state index is 10.9. The summed E-state index contributed by atoms with van der Waals surface area (Å²) in [6, 6.07) is 0.145. The summed E-state index contributed by atoms with van der Waals surface area (Å²) in [5.41, 5.74) is -0.334. The Hall–Kier alpha value is -2.12. The highest BCUT2D eigenvalue weighted by Crippen LogP contribution is 2.36. The average molecular weight is 250 g/mol. The normalized spacial score (nSPS) is 17.4. The van der Waals surface area contributed by atoms with Gasteiger partial charge in [0.1, 0.15) is 0 Å². The molecule has 1 aliphatic rings. The first-order valence-corrected chi connectivity index (χ1v) is 5.97. The van der Waals surface area contributed by atoms with Crippen LogP contribution in [0, 0.1) is 0 Å². The lowest BCUT2D eigenvalue weighted by molar-refractivity contribution is 0.338. The zero-order chi connectivity index (χ0) is 12.5. The molecule has 1 atom stereocenters. The van der Waals surface area contributed by atoms with Crippen molar-refractivity contribution in [1.29, 1.82) is 0 Å². The van der Waals surface area contributed by atoms with Crippen LogP contribution in [0.15, 0.2) is 9.21 Å². The van der Waals surface area contributed by atoms with Gasteiger partial charge in [-0.1, -0.05) is 11.5 Å². The van der Waals surface area contributed by atoms with Crippen LogP contribution in [-0.2, 0) is 0 Å². The van der Waals surface area contributed by atoms with E-state index in [1.807, 2.05) is 6.92 Å². The summed E-state index contributed by atoms with van der Waals surface area (Å²) in [4.78, 5) is 13.5. The molecule has 0 amide bonds. The van der Waals surface area contributed by atoms with Crippen molar-refractivity contribution in [3.8, 4) is 0 Å². The third-order valence-electron chi connectivity index (χ3n) is 3.16. The lowest BCUT2D eigenvalue weighted by Crippen LogP contribution is -2.10. The Morgan fingerprint density at radius 3 is 2.89 bits per heavy atom. The number of hydrogen-bond donors (Lipinski definition) is 3. The highest BCUT2D eigenvalue weighted by atomic mass is 16.4. The molecule has 1 unspecified atom stereocenters. The maximum atomic E-state index is 10.9. The van der Waals surface area contributed by atoms with Gasteiger partial charge >= 0.3 is 11.7 Å². The molecule has 2 aromatic heterocycles. The fourth-order valence-electron chi connectivity index (χ4n) is 1.85. The Morgan fingerprint density at radius 2 is 2.28 bits per heavy atom. The molecule has 0 spiro atoms. The molecule has 2 aromatic rings. The summed E-state index contributed by atoms with van der Waals surface area (Å²) < 4.78 is 5.52. The van der Waals surface area contributed by atoms with E-state index in [0.29, 0.717) is 23.6 Å². The van der Waals surface area contributed by atoms with Crippen molar-refractivity contribution < 1.29 is 4.42 Å². The van der Waals surface area contributed by atoms with Gasteiger partial charge in [0.15, 0.2) is 5.82 Å². The van der Waals surface area contributed by atoms with Crippen molar-refractivity contribution in [3.63, 3.8) is 0 Å². The molecule has 96 valence electrons. The minimum absolute atomic E-state index is 0.210. The van der Waals surface area contributed by atoms with E-state index in [-0.39, 0.29) is 11.7 Å². The molecular weight excluding hydrogens is 236 g/mol. The second-order valence-electron chi connectivity index (χ2n) is 4.50. The van der Waals surface area contributed by atoms with E-state index in [1.54, 1.807) is 0 Å². The second-order valence-corrected chi connectivity index (χ2v) is 4.50. The quantitative estimate of drug-likeness (QED) is 0.743. The SMILES string of the molecule is CC(Nc1nnc(C2CCC2)o1)c1n[nH]c(=O)[nH]1. The molecule has 3 rings (SSSR count). The summed E-state index contributed by atoms with van der Waals surface area (Å²) in [6.07, 6.45) is 3.45. The molecule has 2 heterocycles. The molecule has 0 aromatic carbocycles. The van der Waals surface area contributed by atoms with E-state index >= 15 is 0 Å². The van der Waals surface area contributed by atoms with Gasteiger partial charge in [0, 0.05) is 5.92 Å². The van der Waals surface area contributed by atoms with Crippen molar-refractivity contribution in [2.24, 2.45) is 0 Å². The minimum Gasteiger partial charge on any atom is -0.408 e.